The van der Waals surface area contributed by atoms with Gasteiger partial charge in [0.25, 0.3) is 5.69 Å². The van der Waals surface area contributed by atoms with Crippen molar-refractivity contribution in [1.82, 2.24) is 15.5 Å². The normalized spacial score (nSPS) is 20.0. The first-order chi connectivity index (χ1) is 14.6. The summed E-state index contributed by atoms with van der Waals surface area (Å²) in [6.45, 7) is 7.30. The van der Waals surface area contributed by atoms with Gasteiger partial charge in [0.15, 0.2) is 5.96 Å². The average molecular weight is 410 g/mol. The van der Waals surface area contributed by atoms with E-state index < -0.39 is 0 Å². The van der Waals surface area contributed by atoms with E-state index in [1.165, 1.54) is 11.6 Å². The molecule has 7 nitrogen and oxygen atoms in total. The number of nitrogens with one attached hydrogen (secondary N) is 2. The molecule has 3 rings (SSSR count). The van der Waals surface area contributed by atoms with Gasteiger partial charge in [-0.1, -0.05) is 48.5 Å². The van der Waals surface area contributed by atoms with E-state index in [2.05, 4.69) is 57.8 Å². The van der Waals surface area contributed by atoms with Crippen LogP contribution in [-0.4, -0.2) is 41.0 Å². The molecule has 1 fully saturated rings. The number of para-hydroxylation sites is 1. The van der Waals surface area contributed by atoms with Crippen LogP contribution in [0, 0.1) is 10.1 Å². The summed E-state index contributed by atoms with van der Waals surface area (Å²) in [6.07, 6.45) is 2.07. The van der Waals surface area contributed by atoms with Gasteiger partial charge in [-0.25, -0.2) is 4.99 Å². The van der Waals surface area contributed by atoms with E-state index in [0.717, 1.165) is 32.5 Å². The quantitative estimate of drug-likeness (QED) is 0.315. The Morgan fingerprint density at radius 1 is 1.20 bits per heavy atom. The van der Waals surface area contributed by atoms with E-state index in [9.17, 15) is 10.1 Å². The van der Waals surface area contributed by atoms with Crippen molar-refractivity contribution in [3.05, 3.63) is 75.8 Å². The number of guanidine groups is 1. The summed E-state index contributed by atoms with van der Waals surface area (Å²) < 4.78 is 0. The lowest BCUT2D eigenvalue weighted by Crippen LogP contribution is -2.51. The summed E-state index contributed by atoms with van der Waals surface area (Å²) in [4.78, 5) is 18.0. The van der Waals surface area contributed by atoms with Crippen LogP contribution in [0.2, 0.25) is 0 Å². The molecule has 1 saturated heterocycles. The third kappa shape index (κ3) is 6.03. The molecule has 1 aliphatic heterocycles. The number of hydrogen-bond donors (Lipinski definition) is 2. The number of hydrogen-bond acceptors (Lipinski definition) is 4. The number of nitro benzene ring substituents is 1. The van der Waals surface area contributed by atoms with Crippen molar-refractivity contribution in [1.29, 1.82) is 0 Å². The highest BCUT2D eigenvalue weighted by Gasteiger charge is 2.26. The van der Waals surface area contributed by atoms with Crippen molar-refractivity contribution in [2.24, 2.45) is 4.99 Å². The predicted molar refractivity (Wildman–Crippen MR) is 120 cm³/mol. The Hall–Kier alpha value is -2.93. The number of nitro groups is 1. The molecule has 1 aliphatic rings. The highest BCUT2D eigenvalue weighted by Crippen LogP contribution is 2.21. The molecule has 1 heterocycles. The van der Waals surface area contributed by atoms with Crippen molar-refractivity contribution in [3.63, 3.8) is 0 Å². The highest BCUT2D eigenvalue weighted by molar-refractivity contribution is 5.80. The van der Waals surface area contributed by atoms with Crippen LogP contribution in [0.3, 0.4) is 0 Å². The molecule has 0 bridgehead atoms. The maximum atomic E-state index is 11.2. The summed E-state index contributed by atoms with van der Waals surface area (Å²) in [5.41, 5.74) is 2.07. The monoisotopic (exact) mass is 409 g/mol. The summed E-state index contributed by atoms with van der Waals surface area (Å²) in [6, 6.07) is 18.1. The SMILES string of the molecule is CCNC(=NCc1ccccc1[N+](=O)[O-])NC1CCN(Cc2ccccc2)C(C)C1. The number of likely N-dealkylation sites (tertiary alicyclic amines) is 1. The fourth-order valence-corrected chi connectivity index (χ4v) is 3.90. The molecule has 2 aromatic carbocycles. The van der Waals surface area contributed by atoms with E-state index in [0.29, 0.717) is 23.6 Å². The van der Waals surface area contributed by atoms with Gasteiger partial charge in [-0.2, -0.15) is 0 Å². The minimum Gasteiger partial charge on any atom is -0.357 e. The number of rotatable bonds is 7. The second kappa shape index (κ2) is 10.7. The van der Waals surface area contributed by atoms with Crippen molar-refractivity contribution < 1.29 is 4.92 Å². The van der Waals surface area contributed by atoms with Gasteiger partial charge in [-0.05, 0) is 32.3 Å². The third-order valence-electron chi connectivity index (χ3n) is 5.52. The smallest absolute Gasteiger partial charge is 0.274 e. The van der Waals surface area contributed by atoms with Gasteiger partial charge in [0, 0.05) is 37.8 Å². The van der Waals surface area contributed by atoms with Gasteiger partial charge in [-0.3, -0.25) is 15.0 Å². The second-order valence-electron chi connectivity index (χ2n) is 7.75. The predicted octanol–water partition coefficient (Wildman–Crippen LogP) is 3.70. The zero-order valence-electron chi connectivity index (χ0n) is 17.8. The van der Waals surface area contributed by atoms with Gasteiger partial charge < -0.3 is 10.6 Å². The van der Waals surface area contributed by atoms with Gasteiger partial charge in [0.1, 0.15) is 0 Å². The fraction of sp³-hybridized carbons (Fsp3) is 0.435. The van der Waals surface area contributed by atoms with Gasteiger partial charge in [0.05, 0.1) is 17.0 Å². The third-order valence-corrected chi connectivity index (χ3v) is 5.52. The molecule has 0 spiro atoms. The molecule has 0 saturated carbocycles. The Morgan fingerprint density at radius 2 is 1.93 bits per heavy atom. The summed E-state index contributed by atoms with van der Waals surface area (Å²) >= 11 is 0. The Labute approximate surface area is 178 Å². The number of piperidine rings is 1. The maximum Gasteiger partial charge on any atom is 0.274 e. The molecule has 0 radical (unpaired) electrons. The standard InChI is InChI=1S/C23H31N5O2/c1-3-24-23(25-16-20-11-7-8-12-22(20)28(29)30)26-21-13-14-27(18(2)15-21)17-19-9-5-4-6-10-19/h4-12,18,21H,3,13-17H2,1-2H3,(H2,24,25,26). The molecular weight excluding hydrogens is 378 g/mol. The van der Waals surface area contributed by atoms with Crippen LogP contribution >= 0.6 is 0 Å². The lowest BCUT2D eigenvalue weighted by Gasteiger charge is -2.38. The molecule has 2 N–H and O–H groups in total. The molecule has 0 amide bonds. The molecule has 7 heteroatoms. The van der Waals surface area contributed by atoms with Crippen LogP contribution in [0.25, 0.3) is 0 Å². The Bertz CT molecular complexity index is 856. The molecule has 30 heavy (non-hydrogen) atoms. The molecule has 0 aliphatic carbocycles. The van der Waals surface area contributed by atoms with Crippen LogP contribution < -0.4 is 10.6 Å². The Balaban J connectivity index is 1.59. The lowest BCUT2D eigenvalue weighted by atomic mass is 9.97. The van der Waals surface area contributed by atoms with Crippen molar-refractivity contribution >= 4 is 11.6 Å². The molecule has 2 aromatic rings. The van der Waals surface area contributed by atoms with Crippen molar-refractivity contribution in [3.8, 4) is 0 Å². The lowest BCUT2D eigenvalue weighted by molar-refractivity contribution is -0.385. The van der Waals surface area contributed by atoms with E-state index >= 15 is 0 Å². The second-order valence-corrected chi connectivity index (χ2v) is 7.75. The maximum absolute atomic E-state index is 11.2. The van der Waals surface area contributed by atoms with Crippen LogP contribution in [0.15, 0.2) is 59.6 Å². The largest absolute Gasteiger partial charge is 0.357 e. The van der Waals surface area contributed by atoms with Crippen LogP contribution in [-0.2, 0) is 13.1 Å². The fourth-order valence-electron chi connectivity index (χ4n) is 3.90. The van der Waals surface area contributed by atoms with Crippen molar-refractivity contribution in [2.45, 2.75) is 51.9 Å². The number of aliphatic imine (C=N–C) groups is 1. The number of nitrogens with zero attached hydrogens (tertiary/aromatic N) is 3. The van der Waals surface area contributed by atoms with Gasteiger partial charge >= 0.3 is 0 Å². The topological polar surface area (TPSA) is 82.8 Å². The highest BCUT2D eigenvalue weighted by atomic mass is 16.6. The molecule has 2 atom stereocenters. The minimum atomic E-state index is -0.352. The Kier molecular flexibility index (Phi) is 7.79. The first-order valence-electron chi connectivity index (χ1n) is 10.6. The van der Waals surface area contributed by atoms with E-state index in [-0.39, 0.29) is 17.2 Å². The zero-order chi connectivity index (χ0) is 21.3. The van der Waals surface area contributed by atoms with Gasteiger partial charge in [0.2, 0.25) is 0 Å². The van der Waals surface area contributed by atoms with Gasteiger partial charge in [-0.15, -0.1) is 0 Å². The first-order valence-corrected chi connectivity index (χ1v) is 10.6. The summed E-state index contributed by atoms with van der Waals surface area (Å²) in [5.74, 6) is 0.712. The van der Waals surface area contributed by atoms with Crippen LogP contribution in [0.4, 0.5) is 5.69 Å². The van der Waals surface area contributed by atoms with E-state index in [4.69, 9.17) is 0 Å². The number of benzene rings is 2. The molecule has 0 aromatic heterocycles. The van der Waals surface area contributed by atoms with E-state index in [1.807, 2.05) is 13.0 Å². The molecular formula is C23H31N5O2. The first kappa shape index (κ1) is 21.8. The van der Waals surface area contributed by atoms with Crippen molar-refractivity contribution in [2.75, 3.05) is 13.1 Å². The summed E-state index contributed by atoms with van der Waals surface area (Å²) in [5, 5.41) is 18.0. The average Bonchev–Trinajstić information content (AvgIpc) is 2.75. The summed E-state index contributed by atoms with van der Waals surface area (Å²) in [7, 11) is 0. The molecule has 2 unspecified atom stereocenters. The van der Waals surface area contributed by atoms with E-state index in [1.54, 1.807) is 12.1 Å². The van der Waals surface area contributed by atoms with Crippen LogP contribution in [0.1, 0.15) is 37.8 Å². The van der Waals surface area contributed by atoms with Crippen LogP contribution in [0.5, 0.6) is 0 Å². The Morgan fingerprint density at radius 3 is 2.63 bits per heavy atom. The zero-order valence-corrected chi connectivity index (χ0v) is 17.8. The minimum absolute atomic E-state index is 0.111. The molecule has 160 valence electrons.